The number of rotatable bonds is 4. The van der Waals surface area contributed by atoms with Crippen LogP contribution in [-0.2, 0) is 14.6 Å². The predicted octanol–water partition coefficient (Wildman–Crippen LogP) is 1.85. The summed E-state index contributed by atoms with van der Waals surface area (Å²) in [4.78, 5) is 23.2. The van der Waals surface area contributed by atoms with Crippen LogP contribution in [0.1, 0.15) is 49.4 Å². The van der Waals surface area contributed by atoms with E-state index in [-0.39, 0.29) is 23.5 Å². The molecule has 1 aliphatic rings. The summed E-state index contributed by atoms with van der Waals surface area (Å²) in [6.45, 7) is 1.41. The molecule has 114 valence electrons. The van der Waals surface area contributed by atoms with E-state index >= 15 is 0 Å². The minimum absolute atomic E-state index is 0.0493. The number of ketones is 1. The summed E-state index contributed by atoms with van der Waals surface area (Å²) in [5, 5.41) is 0. The second-order valence-electron chi connectivity index (χ2n) is 5.50. The Morgan fingerprint density at radius 3 is 2.00 bits per heavy atom. The van der Waals surface area contributed by atoms with Crippen molar-refractivity contribution in [2.45, 2.75) is 48.7 Å². The van der Waals surface area contributed by atoms with Gasteiger partial charge in [0.1, 0.15) is 0 Å². The van der Waals surface area contributed by atoms with Crippen LogP contribution in [0.4, 0.5) is 0 Å². The average molecular weight is 309 g/mol. The molecular weight excluding hydrogens is 290 g/mol. The maximum atomic E-state index is 12.8. The van der Waals surface area contributed by atoms with Gasteiger partial charge in [-0.15, -0.1) is 0 Å². The van der Waals surface area contributed by atoms with Crippen molar-refractivity contribution in [1.29, 1.82) is 0 Å². The Balaban J connectivity index is 2.48. The fourth-order valence-corrected chi connectivity index (χ4v) is 4.90. The molecule has 0 spiro atoms. The normalized spacial score (nSPS) is 18.1. The number of hydrogen-bond acceptors (Lipinski definition) is 4. The second-order valence-corrected chi connectivity index (χ2v) is 7.76. The van der Waals surface area contributed by atoms with Gasteiger partial charge in [0, 0.05) is 5.56 Å². The topological polar surface area (TPSA) is 94.3 Å². The first kappa shape index (κ1) is 15.7. The third-order valence-electron chi connectivity index (χ3n) is 4.20. The summed E-state index contributed by atoms with van der Waals surface area (Å²) in [5.41, 5.74) is 5.87. The van der Waals surface area contributed by atoms with Crippen molar-refractivity contribution in [1.82, 2.24) is 0 Å². The maximum absolute atomic E-state index is 12.8. The zero-order chi connectivity index (χ0) is 15.7. The Labute approximate surface area is 124 Å². The standard InChI is InChI=1S/C15H19NO4S/c1-11(17)12-5-7-13(8-6-12)21(19,20)15(14(16)18)9-3-2-4-10-15/h5-8H,2-4,9-10H2,1H3,(H2,16,18). The summed E-state index contributed by atoms with van der Waals surface area (Å²) in [5.74, 6) is -0.918. The van der Waals surface area contributed by atoms with E-state index in [2.05, 4.69) is 0 Å². The van der Waals surface area contributed by atoms with E-state index in [1.54, 1.807) is 0 Å². The summed E-state index contributed by atoms with van der Waals surface area (Å²) in [7, 11) is -3.85. The molecular formula is C15H19NO4S. The molecule has 6 heteroatoms. The van der Waals surface area contributed by atoms with Gasteiger partial charge in [-0.05, 0) is 31.9 Å². The molecule has 0 aromatic heterocycles. The van der Waals surface area contributed by atoms with Crippen LogP contribution in [0.5, 0.6) is 0 Å². The largest absolute Gasteiger partial charge is 0.368 e. The van der Waals surface area contributed by atoms with Gasteiger partial charge in [0.15, 0.2) is 20.4 Å². The molecule has 1 fully saturated rings. The lowest BCUT2D eigenvalue weighted by atomic mass is 9.88. The molecule has 1 aromatic rings. The van der Waals surface area contributed by atoms with E-state index in [1.807, 2.05) is 0 Å². The average Bonchev–Trinajstić information content (AvgIpc) is 2.47. The predicted molar refractivity (Wildman–Crippen MR) is 78.6 cm³/mol. The number of primary amides is 1. The van der Waals surface area contributed by atoms with Gasteiger partial charge in [0.05, 0.1) is 4.90 Å². The van der Waals surface area contributed by atoms with Crippen molar-refractivity contribution in [2.75, 3.05) is 0 Å². The van der Waals surface area contributed by atoms with Crippen molar-refractivity contribution >= 4 is 21.5 Å². The third kappa shape index (κ3) is 2.60. The lowest BCUT2D eigenvalue weighted by Gasteiger charge is -2.33. The molecule has 2 rings (SSSR count). The smallest absolute Gasteiger partial charge is 0.239 e. The number of Topliss-reactive ketones (excluding diaryl/α,β-unsaturated/α-hetero) is 1. The Hall–Kier alpha value is -1.69. The molecule has 0 radical (unpaired) electrons. The Kier molecular flexibility index (Phi) is 4.18. The molecule has 1 amide bonds. The lowest BCUT2D eigenvalue weighted by Crippen LogP contribution is -2.51. The minimum Gasteiger partial charge on any atom is -0.368 e. The van der Waals surface area contributed by atoms with Crippen LogP contribution in [0, 0.1) is 0 Å². The Morgan fingerprint density at radius 2 is 1.57 bits per heavy atom. The van der Waals surface area contributed by atoms with Crippen molar-refractivity contribution in [3.63, 3.8) is 0 Å². The lowest BCUT2D eigenvalue weighted by molar-refractivity contribution is -0.121. The van der Waals surface area contributed by atoms with E-state index < -0.39 is 20.5 Å². The summed E-state index contributed by atoms with van der Waals surface area (Å²) >= 11 is 0. The first-order valence-corrected chi connectivity index (χ1v) is 8.45. The number of carbonyl (C=O) groups is 2. The molecule has 0 atom stereocenters. The zero-order valence-corrected chi connectivity index (χ0v) is 12.8. The Morgan fingerprint density at radius 1 is 1.05 bits per heavy atom. The van der Waals surface area contributed by atoms with E-state index in [0.717, 1.165) is 6.42 Å². The molecule has 1 aliphatic carbocycles. The highest BCUT2D eigenvalue weighted by Crippen LogP contribution is 2.38. The van der Waals surface area contributed by atoms with Gasteiger partial charge >= 0.3 is 0 Å². The first-order chi connectivity index (χ1) is 9.81. The highest BCUT2D eigenvalue weighted by molar-refractivity contribution is 7.93. The molecule has 0 heterocycles. The van der Waals surface area contributed by atoms with Gasteiger partial charge in [-0.25, -0.2) is 8.42 Å². The van der Waals surface area contributed by atoms with Crippen molar-refractivity contribution in [3.05, 3.63) is 29.8 Å². The van der Waals surface area contributed by atoms with Crippen molar-refractivity contribution < 1.29 is 18.0 Å². The number of amides is 1. The molecule has 0 saturated heterocycles. The van der Waals surface area contributed by atoms with Gasteiger partial charge in [-0.3, -0.25) is 9.59 Å². The van der Waals surface area contributed by atoms with Crippen LogP contribution in [0.3, 0.4) is 0 Å². The van der Waals surface area contributed by atoms with Crippen LogP contribution < -0.4 is 5.73 Å². The monoisotopic (exact) mass is 309 g/mol. The quantitative estimate of drug-likeness (QED) is 0.859. The molecule has 5 nitrogen and oxygen atoms in total. The molecule has 1 aromatic carbocycles. The highest BCUT2D eigenvalue weighted by atomic mass is 32.2. The van der Waals surface area contributed by atoms with Crippen LogP contribution in [0.15, 0.2) is 29.2 Å². The molecule has 0 bridgehead atoms. The van der Waals surface area contributed by atoms with E-state index in [0.29, 0.717) is 18.4 Å². The summed E-state index contributed by atoms with van der Waals surface area (Å²) in [6, 6.07) is 5.69. The second kappa shape index (κ2) is 5.60. The fourth-order valence-electron chi connectivity index (χ4n) is 2.86. The van der Waals surface area contributed by atoms with Crippen LogP contribution in [0.2, 0.25) is 0 Å². The molecule has 2 N–H and O–H groups in total. The van der Waals surface area contributed by atoms with E-state index in [4.69, 9.17) is 5.73 Å². The Bertz CT molecular complexity index is 655. The maximum Gasteiger partial charge on any atom is 0.239 e. The first-order valence-electron chi connectivity index (χ1n) is 6.97. The van der Waals surface area contributed by atoms with Crippen LogP contribution in [-0.4, -0.2) is 24.9 Å². The zero-order valence-electron chi connectivity index (χ0n) is 12.0. The van der Waals surface area contributed by atoms with Gasteiger partial charge in [-0.2, -0.15) is 0 Å². The number of carbonyl (C=O) groups excluding carboxylic acids is 2. The van der Waals surface area contributed by atoms with Gasteiger partial charge in [-0.1, -0.05) is 31.4 Å². The number of nitrogens with two attached hydrogens (primary N) is 1. The molecule has 21 heavy (non-hydrogen) atoms. The van der Waals surface area contributed by atoms with Gasteiger partial charge in [0.25, 0.3) is 0 Å². The fraction of sp³-hybridized carbons (Fsp3) is 0.467. The number of benzene rings is 1. The SMILES string of the molecule is CC(=O)c1ccc(S(=O)(=O)C2(C(N)=O)CCCCC2)cc1. The van der Waals surface area contributed by atoms with E-state index in [1.165, 1.54) is 31.2 Å². The molecule has 0 unspecified atom stereocenters. The van der Waals surface area contributed by atoms with Crippen molar-refractivity contribution in [2.24, 2.45) is 5.73 Å². The van der Waals surface area contributed by atoms with Gasteiger partial charge in [0.2, 0.25) is 5.91 Å². The highest BCUT2D eigenvalue weighted by Gasteiger charge is 2.50. The molecule has 0 aliphatic heterocycles. The van der Waals surface area contributed by atoms with Crippen molar-refractivity contribution in [3.8, 4) is 0 Å². The minimum atomic E-state index is -3.85. The third-order valence-corrected chi connectivity index (χ3v) is 6.73. The number of hydrogen-bond donors (Lipinski definition) is 1. The number of sulfone groups is 1. The summed E-state index contributed by atoms with van der Waals surface area (Å²) in [6.07, 6.45) is 2.79. The van der Waals surface area contributed by atoms with Crippen LogP contribution in [0.25, 0.3) is 0 Å². The van der Waals surface area contributed by atoms with Gasteiger partial charge < -0.3 is 5.73 Å². The van der Waals surface area contributed by atoms with E-state index in [9.17, 15) is 18.0 Å². The van der Waals surface area contributed by atoms with Crippen LogP contribution >= 0.6 is 0 Å². The molecule has 1 saturated carbocycles. The summed E-state index contributed by atoms with van der Waals surface area (Å²) < 4.78 is 24.2.